The van der Waals surface area contributed by atoms with Gasteiger partial charge in [-0.2, -0.15) is 0 Å². The van der Waals surface area contributed by atoms with Crippen LogP contribution in [-0.4, -0.2) is 50.3 Å². The fraction of sp³-hybridized carbons (Fsp3) is 0.318. The first-order chi connectivity index (χ1) is 15.0. The Kier molecular flexibility index (Phi) is 6.50. The molecule has 1 unspecified atom stereocenters. The highest BCUT2D eigenvalue weighted by Crippen LogP contribution is 2.30. The summed E-state index contributed by atoms with van der Waals surface area (Å²) in [4.78, 5) is 6.85. The zero-order chi connectivity index (χ0) is 22.0. The van der Waals surface area contributed by atoms with Gasteiger partial charge in [-0.3, -0.25) is 9.47 Å². The Morgan fingerprint density at radius 2 is 1.87 bits per heavy atom. The normalized spacial score (nSPS) is 12.6. The molecule has 3 heterocycles. The number of hydrogen-bond donors (Lipinski definition) is 0. The molecule has 0 radical (unpaired) electrons. The number of hydrogen-bond acceptors (Lipinski definition) is 6. The first-order valence-corrected chi connectivity index (χ1v) is 11.4. The number of imidazole rings is 1. The number of fused-ring (bicyclic) bond motifs is 1. The monoisotopic (exact) mass is 456 g/mol. The molecular weight excluding hydrogens is 432 g/mol. The highest BCUT2D eigenvalue weighted by Gasteiger charge is 2.23. The topological polar surface area (TPSA) is 60.5 Å². The average Bonchev–Trinajstić information content (AvgIpc) is 3.36. The zero-order valence-corrected chi connectivity index (χ0v) is 19.6. The van der Waals surface area contributed by atoms with Gasteiger partial charge in [0, 0.05) is 23.8 Å². The maximum atomic E-state index is 6.09. The molecule has 7 nitrogen and oxygen atoms in total. The third-order valence-corrected chi connectivity index (χ3v) is 6.30. The minimum atomic E-state index is 0.154. The zero-order valence-electron chi connectivity index (χ0n) is 18.0. The molecule has 4 rings (SSSR count). The third-order valence-electron chi connectivity index (χ3n) is 5.11. The van der Waals surface area contributed by atoms with Crippen molar-refractivity contribution in [1.29, 1.82) is 0 Å². The van der Waals surface area contributed by atoms with E-state index in [1.807, 2.05) is 53.2 Å². The second kappa shape index (κ2) is 9.30. The van der Waals surface area contributed by atoms with Crippen LogP contribution in [0.1, 0.15) is 30.9 Å². The van der Waals surface area contributed by atoms with Crippen LogP contribution in [0.5, 0.6) is 5.75 Å². The third kappa shape index (κ3) is 4.56. The van der Waals surface area contributed by atoms with Crippen molar-refractivity contribution < 1.29 is 4.74 Å². The van der Waals surface area contributed by atoms with E-state index in [1.54, 1.807) is 18.9 Å². The molecule has 0 bridgehead atoms. The van der Waals surface area contributed by atoms with Gasteiger partial charge in [0.1, 0.15) is 11.4 Å². The maximum absolute atomic E-state index is 6.09. The van der Waals surface area contributed by atoms with Gasteiger partial charge in [0.05, 0.1) is 23.9 Å². The summed E-state index contributed by atoms with van der Waals surface area (Å²) < 4.78 is 9.39. The largest absolute Gasteiger partial charge is 0.497 e. The molecule has 1 aromatic carbocycles. The smallest absolute Gasteiger partial charge is 0.196 e. The molecule has 162 valence electrons. The van der Waals surface area contributed by atoms with Crippen LogP contribution < -0.4 is 4.74 Å². The lowest BCUT2D eigenvalue weighted by atomic mass is 10.2. The summed E-state index contributed by atoms with van der Waals surface area (Å²) in [5.41, 5.74) is 2.83. The van der Waals surface area contributed by atoms with Gasteiger partial charge < -0.3 is 9.14 Å². The Bertz CT molecular complexity index is 1170. The molecule has 0 amide bonds. The molecular formula is C22H25ClN6OS. The Morgan fingerprint density at radius 3 is 2.55 bits per heavy atom. The van der Waals surface area contributed by atoms with E-state index in [1.165, 1.54) is 0 Å². The Morgan fingerprint density at radius 1 is 1.10 bits per heavy atom. The van der Waals surface area contributed by atoms with Crippen molar-refractivity contribution in [3.8, 4) is 11.4 Å². The van der Waals surface area contributed by atoms with Gasteiger partial charge in [-0.05, 0) is 56.9 Å². The molecule has 0 aliphatic heterocycles. The highest BCUT2D eigenvalue weighted by atomic mass is 35.5. The number of rotatable bonds is 8. The van der Waals surface area contributed by atoms with Gasteiger partial charge in [-0.1, -0.05) is 30.3 Å². The van der Waals surface area contributed by atoms with E-state index in [0.29, 0.717) is 10.8 Å². The molecule has 9 heteroatoms. The number of nitrogens with zero attached hydrogens (tertiary/aromatic N) is 6. The van der Waals surface area contributed by atoms with Gasteiger partial charge in [0.25, 0.3) is 0 Å². The summed E-state index contributed by atoms with van der Waals surface area (Å²) >= 11 is 7.71. The first kappa shape index (κ1) is 21.7. The van der Waals surface area contributed by atoms with Crippen molar-refractivity contribution in [3.05, 3.63) is 65.3 Å². The Labute approximate surface area is 191 Å². The van der Waals surface area contributed by atoms with Crippen molar-refractivity contribution in [2.75, 3.05) is 21.2 Å². The molecule has 0 aliphatic carbocycles. The predicted molar refractivity (Wildman–Crippen MR) is 124 cm³/mol. The highest BCUT2D eigenvalue weighted by molar-refractivity contribution is 7.98. The molecule has 1 atom stereocenters. The van der Waals surface area contributed by atoms with Crippen LogP contribution in [0.15, 0.2) is 53.9 Å². The van der Waals surface area contributed by atoms with E-state index in [-0.39, 0.29) is 6.04 Å². The van der Waals surface area contributed by atoms with Crippen molar-refractivity contribution in [2.24, 2.45) is 0 Å². The summed E-state index contributed by atoms with van der Waals surface area (Å²) in [5, 5.41) is 10.6. The molecule has 0 saturated carbocycles. The van der Waals surface area contributed by atoms with Crippen LogP contribution in [0.4, 0.5) is 0 Å². The van der Waals surface area contributed by atoms with Crippen LogP contribution >= 0.6 is 23.4 Å². The van der Waals surface area contributed by atoms with Gasteiger partial charge in [-0.25, -0.2) is 4.98 Å². The maximum Gasteiger partial charge on any atom is 0.196 e. The Hall–Kier alpha value is -2.55. The summed E-state index contributed by atoms with van der Waals surface area (Å²) in [6.07, 6.45) is 4.79. The number of ether oxygens (including phenoxy) is 1. The number of benzene rings is 1. The fourth-order valence-corrected chi connectivity index (χ4v) is 4.58. The molecule has 31 heavy (non-hydrogen) atoms. The lowest BCUT2D eigenvalue weighted by Gasteiger charge is -2.23. The fourth-order valence-electron chi connectivity index (χ4n) is 3.57. The second-order valence-electron chi connectivity index (χ2n) is 7.40. The number of thioether (sulfide) groups is 1. The van der Waals surface area contributed by atoms with Crippen LogP contribution in [0.25, 0.3) is 11.3 Å². The van der Waals surface area contributed by atoms with Gasteiger partial charge >= 0.3 is 0 Å². The first-order valence-electron chi connectivity index (χ1n) is 10.0. The van der Waals surface area contributed by atoms with Crippen molar-refractivity contribution >= 4 is 29.0 Å². The number of aromatic nitrogens is 5. The van der Waals surface area contributed by atoms with Crippen LogP contribution in [0.2, 0.25) is 5.02 Å². The quantitative estimate of drug-likeness (QED) is 0.352. The Balaban J connectivity index is 1.67. The SMILES string of the molecule is CCC(c1nnc(SCc2cn3cc(Cl)ccc3n2)n1-c1ccc(OC)cc1)N(C)C. The molecule has 0 spiro atoms. The summed E-state index contributed by atoms with van der Waals surface area (Å²) in [6.45, 7) is 2.16. The summed E-state index contributed by atoms with van der Waals surface area (Å²) in [6, 6.07) is 11.9. The van der Waals surface area contributed by atoms with E-state index in [9.17, 15) is 0 Å². The predicted octanol–water partition coefficient (Wildman–Crippen LogP) is 4.88. The standard InChI is InChI=1S/C22H25ClN6OS/c1-5-19(27(2)3)21-25-26-22(29(21)17-7-9-18(30-4)10-8-17)31-14-16-13-28-12-15(23)6-11-20(28)24-16/h6-13,19H,5,14H2,1-4H3. The average molecular weight is 457 g/mol. The molecule has 0 fully saturated rings. The van der Waals surface area contributed by atoms with Crippen molar-refractivity contribution in [3.63, 3.8) is 0 Å². The minimum Gasteiger partial charge on any atom is -0.497 e. The number of halogens is 1. The second-order valence-corrected chi connectivity index (χ2v) is 8.77. The molecule has 0 N–H and O–H groups in total. The summed E-state index contributed by atoms with van der Waals surface area (Å²) in [5.74, 6) is 2.41. The van der Waals surface area contributed by atoms with Crippen LogP contribution in [-0.2, 0) is 5.75 Å². The van der Waals surface area contributed by atoms with Crippen LogP contribution in [0.3, 0.4) is 0 Å². The minimum absolute atomic E-state index is 0.154. The van der Waals surface area contributed by atoms with E-state index in [4.69, 9.17) is 16.3 Å². The molecule has 0 saturated heterocycles. The van der Waals surface area contributed by atoms with Crippen molar-refractivity contribution in [2.45, 2.75) is 30.3 Å². The lowest BCUT2D eigenvalue weighted by molar-refractivity contribution is 0.276. The van der Waals surface area contributed by atoms with Crippen LogP contribution in [0, 0.1) is 0 Å². The van der Waals surface area contributed by atoms with E-state index < -0.39 is 0 Å². The van der Waals surface area contributed by atoms with Gasteiger partial charge in [0.2, 0.25) is 0 Å². The number of methoxy groups -OCH3 is 1. The van der Waals surface area contributed by atoms with E-state index in [0.717, 1.165) is 40.2 Å². The summed E-state index contributed by atoms with van der Waals surface area (Å²) in [7, 11) is 5.80. The van der Waals surface area contributed by atoms with E-state index in [2.05, 4.69) is 45.7 Å². The molecule has 0 aliphatic rings. The molecule has 4 aromatic rings. The van der Waals surface area contributed by atoms with Gasteiger partial charge in [-0.15, -0.1) is 10.2 Å². The van der Waals surface area contributed by atoms with Gasteiger partial charge in [0.15, 0.2) is 11.0 Å². The number of pyridine rings is 1. The van der Waals surface area contributed by atoms with Crippen molar-refractivity contribution in [1.82, 2.24) is 29.0 Å². The molecule has 3 aromatic heterocycles. The lowest BCUT2D eigenvalue weighted by Crippen LogP contribution is -2.22. The van der Waals surface area contributed by atoms with E-state index >= 15 is 0 Å².